The monoisotopic (exact) mass is 214 g/mol. The van der Waals surface area contributed by atoms with Crippen LogP contribution >= 0.6 is 0 Å². The fraction of sp³-hybridized carbons (Fsp3) is 0.385. The molecule has 1 aliphatic rings. The molecule has 0 N–H and O–H groups in total. The Morgan fingerprint density at radius 3 is 2.94 bits per heavy atom. The first-order valence-corrected chi connectivity index (χ1v) is 5.79. The minimum Gasteiger partial charge on any atom is -0.360 e. The van der Waals surface area contributed by atoms with E-state index in [-0.39, 0.29) is 0 Å². The molecule has 3 heteroatoms. The second kappa shape index (κ2) is 3.74. The number of aryl methyl sites for hydroxylation is 1. The molecule has 0 bridgehead atoms. The predicted molar refractivity (Wildman–Crippen MR) is 61.1 cm³/mol. The molecule has 2 aromatic rings. The van der Waals surface area contributed by atoms with Crippen molar-refractivity contribution >= 4 is 0 Å². The third-order valence-electron chi connectivity index (χ3n) is 3.02. The molecule has 0 atom stereocenters. The molecule has 0 spiro atoms. The Labute approximate surface area is 94.5 Å². The van der Waals surface area contributed by atoms with Crippen LogP contribution in [0.2, 0.25) is 0 Å². The van der Waals surface area contributed by atoms with Crippen LogP contribution in [0.1, 0.15) is 37.1 Å². The van der Waals surface area contributed by atoms with Gasteiger partial charge < -0.3 is 4.52 Å². The average Bonchev–Trinajstić information content (AvgIpc) is 3.09. The van der Waals surface area contributed by atoms with Crippen molar-refractivity contribution in [1.82, 2.24) is 10.1 Å². The number of nitrogens with zero attached hydrogens (tertiary/aromatic N) is 2. The third-order valence-corrected chi connectivity index (χ3v) is 3.02. The minimum atomic E-state index is 0.586. The van der Waals surface area contributed by atoms with Crippen molar-refractivity contribution in [3.63, 3.8) is 0 Å². The van der Waals surface area contributed by atoms with Crippen molar-refractivity contribution in [2.45, 2.75) is 32.1 Å². The summed E-state index contributed by atoms with van der Waals surface area (Å²) < 4.78 is 5.49. The van der Waals surface area contributed by atoms with E-state index in [1.807, 2.05) is 12.3 Å². The van der Waals surface area contributed by atoms with Gasteiger partial charge in [0.15, 0.2) is 0 Å². The summed E-state index contributed by atoms with van der Waals surface area (Å²) in [5.74, 6) is 1.65. The second-order valence-corrected chi connectivity index (χ2v) is 4.24. The molecule has 3 rings (SSSR count). The standard InChI is InChI=1S/C13H14N2O/c1-2-11-12(10-4-3-7-14-8-10)13(16-15-11)9-5-6-9/h3-4,7-9H,2,5-6H2,1H3. The van der Waals surface area contributed by atoms with Crippen LogP contribution in [0.3, 0.4) is 0 Å². The number of hydrogen-bond donors (Lipinski definition) is 0. The van der Waals surface area contributed by atoms with Gasteiger partial charge >= 0.3 is 0 Å². The number of hydrogen-bond acceptors (Lipinski definition) is 3. The Balaban J connectivity index is 2.13. The molecule has 0 aliphatic heterocycles. The fourth-order valence-corrected chi connectivity index (χ4v) is 2.02. The van der Waals surface area contributed by atoms with Gasteiger partial charge in [-0.05, 0) is 25.3 Å². The molecule has 1 aliphatic carbocycles. The lowest BCUT2D eigenvalue weighted by Gasteiger charge is -2.01. The van der Waals surface area contributed by atoms with Crippen LogP contribution in [0.15, 0.2) is 29.0 Å². The Morgan fingerprint density at radius 2 is 2.31 bits per heavy atom. The van der Waals surface area contributed by atoms with Crippen LogP contribution in [0.4, 0.5) is 0 Å². The van der Waals surface area contributed by atoms with Gasteiger partial charge in [-0.2, -0.15) is 0 Å². The van der Waals surface area contributed by atoms with Gasteiger partial charge in [0.25, 0.3) is 0 Å². The van der Waals surface area contributed by atoms with E-state index in [4.69, 9.17) is 4.52 Å². The maximum Gasteiger partial charge on any atom is 0.147 e. The highest BCUT2D eigenvalue weighted by atomic mass is 16.5. The van der Waals surface area contributed by atoms with E-state index in [1.165, 1.54) is 18.4 Å². The van der Waals surface area contributed by atoms with Crippen LogP contribution in [0.25, 0.3) is 11.1 Å². The number of rotatable bonds is 3. The normalized spacial score (nSPS) is 15.3. The van der Waals surface area contributed by atoms with Gasteiger partial charge in [-0.25, -0.2) is 0 Å². The maximum absolute atomic E-state index is 5.49. The summed E-state index contributed by atoms with van der Waals surface area (Å²) in [5.41, 5.74) is 3.36. The highest BCUT2D eigenvalue weighted by molar-refractivity contribution is 5.68. The topological polar surface area (TPSA) is 38.9 Å². The van der Waals surface area contributed by atoms with Crippen LogP contribution in [0, 0.1) is 0 Å². The molecule has 0 unspecified atom stereocenters. The molecular formula is C13H14N2O. The van der Waals surface area contributed by atoms with E-state index in [0.29, 0.717) is 5.92 Å². The summed E-state index contributed by atoms with van der Waals surface area (Å²) >= 11 is 0. The van der Waals surface area contributed by atoms with Gasteiger partial charge in [0, 0.05) is 29.4 Å². The lowest BCUT2D eigenvalue weighted by Crippen LogP contribution is -1.88. The van der Waals surface area contributed by atoms with E-state index in [9.17, 15) is 0 Å². The van der Waals surface area contributed by atoms with Crippen molar-refractivity contribution in [2.24, 2.45) is 0 Å². The zero-order chi connectivity index (χ0) is 11.0. The quantitative estimate of drug-likeness (QED) is 0.787. The summed E-state index contributed by atoms with van der Waals surface area (Å²) in [6.07, 6.45) is 7.04. The molecule has 2 aromatic heterocycles. The zero-order valence-electron chi connectivity index (χ0n) is 9.31. The van der Waals surface area contributed by atoms with E-state index in [2.05, 4.69) is 23.1 Å². The van der Waals surface area contributed by atoms with Gasteiger partial charge in [-0.3, -0.25) is 4.98 Å². The van der Waals surface area contributed by atoms with Gasteiger partial charge in [-0.15, -0.1) is 0 Å². The van der Waals surface area contributed by atoms with Crippen molar-refractivity contribution in [3.05, 3.63) is 36.0 Å². The molecule has 0 radical (unpaired) electrons. The first kappa shape index (κ1) is 9.58. The Bertz CT molecular complexity index is 486. The summed E-state index contributed by atoms with van der Waals surface area (Å²) in [5, 5.41) is 4.17. The van der Waals surface area contributed by atoms with Crippen molar-refractivity contribution in [2.75, 3.05) is 0 Å². The molecule has 1 saturated carbocycles. The lowest BCUT2D eigenvalue weighted by molar-refractivity contribution is 0.379. The summed E-state index contributed by atoms with van der Waals surface area (Å²) in [4.78, 5) is 4.17. The molecule has 82 valence electrons. The molecule has 16 heavy (non-hydrogen) atoms. The zero-order valence-corrected chi connectivity index (χ0v) is 9.31. The Hall–Kier alpha value is -1.64. The smallest absolute Gasteiger partial charge is 0.147 e. The van der Waals surface area contributed by atoms with Gasteiger partial charge in [0.05, 0.1) is 5.69 Å². The summed E-state index contributed by atoms with van der Waals surface area (Å²) in [6, 6.07) is 4.03. The molecule has 2 heterocycles. The average molecular weight is 214 g/mol. The minimum absolute atomic E-state index is 0.586. The predicted octanol–water partition coefficient (Wildman–Crippen LogP) is 3.18. The molecule has 0 saturated heterocycles. The van der Waals surface area contributed by atoms with E-state index >= 15 is 0 Å². The van der Waals surface area contributed by atoms with Gasteiger partial charge in [0.2, 0.25) is 0 Å². The summed E-state index contributed by atoms with van der Waals surface area (Å²) in [7, 11) is 0. The van der Waals surface area contributed by atoms with Gasteiger partial charge in [-0.1, -0.05) is 18.1 Å². The molecule has 1 fully saturated rings. The highest BCUT2D eigenvalue weighted by Crippen LogP contribution is 2.45. The van der Waals surface area contributed by atoms with Crippen LogP contribution in [0.5, 0.6) is 0 Å². The van der Waals surface area contributed by atoms with Gasteiger partial charge in [0.1, 0.15) is 5.76 Å². The maximum atomic E-state index is 5.49. The number of aromatic nitrogens is 2. The largest absolute Gasteiger partial charge is 0.360 e. The third kappa shape index (κ3) is 1.52. The van der Waals surface area contributed by atoms with Crippen molar-refractivity contribution in [1.29, 1.82) is 0 Å². The first-order chi connectivity index (χ1) is 7.90. The highest BCUT2D eigenvalue weighted by Gasteiger charge is 2.32. The fourth-order valence-electron chi connectivity index (χ4n) is 2.02. The molecule has 0 amide bonds. The van der Waals surface area contributed by atoms with E-state index in [1.54, 1.807) is 6.20 Å². The van der Waals surface area contributed by atoms with E-state index < -0.39 is 0 Å². The van der Waals surface area contributed by atoms with Crippen LogP contribution in [-0.4, -0.2) is 10.1 Å². The lowest BCUT2D eigenvalue weighted by atomic mass is 10.0. The molecule has 3 nitrogen and oxygen atoms in total. The van der Waals surface area contributed by atoms with Crippen molar-refractivity contribution < 1.29 is 4.52 Å². The second-order valence-electron chi connectivity index (χ2n) is 4.24. The van der Waals surface area contributed by atoms with Crippen LogP contribution in [-0.2, 0) is 6.42 Å². The van der Waals surface area contributed by atoms with Crippen molar-refractivity contribution in [3.8, 4) is 11.1 Å². The Morgan fingerprint density at radius 1 is 1.44 bits per heavy atom. The van der Waals surface area contributed by atoms with E-state index in [0.717, 1.165) is 23.4 Å². The first-order valence-electron chi connectivity index (χ1n) is 5.79. The Kier molecular flexibility index (Phi) is 2.24. The summed E-state index contributed by atoms with van der Waals surface area (Å²) in [6.45, 7) is 2.11. The SMILES string of the molecule is CCc1noc(C2CC2)c1-c1cccnc1. The van der Waals surface area contributed by atoms with Crippen LogP contribution < -0.4 is 0 Å². The molecule has 0 aromatic carbocycles. The number of pyridine rings is 1. The molecular weight excluding hydrogens is 200 g/mol.